The van der Waals surface area contributed by atoms with E-state index in [-0.39, 0.29) is 5.41 Å². The third-order valence-corrected chi connectivity index (χ3v) is 4.15. The average Bonchev–Trinajstić information content (AvgIpc) is 2.27. The molecular weight excluding hydrogens is 234 g/mol. The van der Waals surface area contributed by atoms with Gasteiger partial charge >= 0.3 is 0 Å². The van der Waals surface area contributed by atoms with E-state index in [9.17, 15) is 0 Å². The van der Waals surface area contributed by atoms with Crippen molar-refractivity contribution < 1.29 is 4.74 Å². The standard InChI is InChI=1S/C17H27NO/c1-12-9-16(19-5)15(17(2,3)4)10-13(12)11-18-14-7-6-8-14/h9-10,14,18H,6-8,11H2,1-5H3. The van der Waals surface area contributed by atoms with Crippen molar-refractivity contribution in [1.82, 2.24) is 5.32 Å². The molecule has 0 aromatic heterocycles. The second-order valence-electron chi connectivity index (χ2n) is 6.74. The van der Waals surface area contributed by atoms with E-state index in [2.05, 4.69) is 45.1 Å². The fraction of sp³-hybridized carbons (Fsp3) is 0.647. The van der Waals surface area contributed by atoms with Crippen LogP contribution in [0.2, 0.25) is 0 Å². The smallest absolute Gasteiger partial charge is 0.122 e. The van der Waals surface area contributed by atoms with E-state index in [0.29, 0.717) is 0 Å². The number of ether oxygens (including phenoxy) is 1. The van der Waals surface area contributed by atoms with Gasteiger partial charge < -0.3 is 10.1 Å². The van der Waals surface area contributed by atoms with Crippen LogP contribution >= 0.6 is 0 Å². The molecule has 106 valence electrons. The SMILES string of the molecule is COc1cc(C)c(CNC2CCC2)cc1C(C)(C)C. The molecule has 0 unspecified atom stereocenters. The van der Waals surface area contributed by atoms with Crippen LogP contribution in [0, 0.1) is 6.92 Å². The van der Waals surface area contributed by atoms with Gasteiger partial charge in [-0.15, -0.1) is 0 Å². The first-order chi connectivity index (χ1) is 8.91. The number of methoxy groups -OCH3 is 1. The zero-order valence-corrected chi connectivity index (χ0v) is 13.0. The lowest BCUT2D eigenvalue weighted by atomic mass is 9.84. The first-order valence-electron chi connectivity index (χ1n) is 7.33. The van der Waals surface area contributed by atoms with Crippen molar-refractivity contribution in [2.75, 3.05) is 7.11 Å². The summed E-state index contributed by atoms with van der Waals surface area (Å²) in [4.78, 5) is 0. The van der Waals surface area contributed by atoms with Crippen LogP contribution in [0.3, 0.4) is 0 Å². The first kappa shape index (κ1) is 14.4. The highest BCUT2D eigenvalue weighted by Crippen LogP contribution is 2.33. The molecule has 0 radical (unpaired) electrons. The van der Waals surface area contributed by atoms with E-state index in [1.807, 2.05) is 0 Å². The molecule has 0 spiro atoms. The molecule has 1 aromatic rings. The van der Waals surface area contributed by atoms with E-state index < -0.39 is 0 Å². The van der Waals surface area contributed by atoms with Crippen LogP contribution in [0.5, 0.6) is 5.75 Å². The van der Waals surface area contributed by atoms with Gasteiger partial charge in [0.2, 0.25) is 0 Å². The lowest BCUT2D eigenvalue weighted by Crippen LogP contribution is -2.34. The third kappa shape index (κ3) is 3.30. The van der Waals surface area contributed by atoms with Crippen molar-refractivity contribution in [2.24, 2.45) is 0 Å². The molecule has 1 saturated carbocycles. The predicted octanol–water partition coefficient (Wildman–Crippen LogP) is 3.94. The van der Waals surface area contributed by atoms with Gasteiger partial charge in [-0.25, -0.2) is 0 Å². The van der Waals surface area contributed by atoms with Crippen molar-refractivity contribution >= 4 is 0 Å². The topological polar surface area (TPSA) is 21.3 Å². The summed E-state index contributed by atoms with van der Waals surface area (Å²) in [6, 6.07) is 5.23. The summed E-state index contributed by atoms with van der Waals surface area (Å²) in [6.07, 6.45) is 4.05. The molecule has 1 fully saturated rings. The number of rotatable bonds is 4. The van der Waals surface area contributed by atoms with Crippen LogP contribution in [0.4, 0.5) is 0 Å². The van der Waals surface area contributed by atoms with Gasteiger partial charge in [0.05, 0.1) is 7.11 Å². The number of nitrogens with one attached hydrogen (secondary N) is 1. The minimum absolute atomic E-state index is 0.115. The Kier molecular flexibility index (Phi) is 4.19. The summed E-state index contributed by atoms with van der Waals surface area (Å²) in [5.74, 6) is 1.01. The summed E-state index contributed by atoms with van der Waals surface area (Å²) >= 11 is 0. The fourth-order valence-electron chi connectivity index (χ4n) is 2.54. The van der Waals surface area contributed by atoms with E-state index in [1.165, 1.54) is 36.0 Å². The summed E-state index contributed by atoms with van der Waals surface area (Å²) in [7, 11) is 1.76. The molecule has 1 N–H and O–H groups in total. The minimum Gasteiger partial charge on any atom is -0.496 e. The van der Waals surface area contributed by atoms with Gasteiger partial charge in [0, 0.05) is 12.6 Å². The molecule has 0 atom stereocenters. The average molecular weight is 261 g/mol. The van der Waals surface area contributed by atoms with Gasteiger partial charge in [-0.2, -0.15) is 0 Å². The molecule has 0 amide bonds. The summed E-state index contributed by atoms with van der Waals surface area (Å²) in [5, 5.41) is 3.65. The summed E-state index contributed by atoms with van der Waals surface area (Å²) in [5.41, 5.74) is 4.13. The van der Waals surface area contributed by atoms with Gasteiger partial charge in [0.1, 0.15) is 5.75 Å². The van der Waals surface area contributed by atoms with Crippen LogP contribution in [0.25, 0.3) is 0 Å². The van der Waals surface area contributed by atoms with Crippen molar-refractivity contribution in [1.29, 1.82) is 0 Å². The molecule has 2 heteroatoms. The Hall–Kier alpha value is -1.02. The highest BCUT2D eigenvalue weighted by molar-refractivity contribution is 5.45. The predicted molar refractivity (Wildman–Crippen MR) is 80.9 cm³/mol. The maximum atomic E-state index is 5.55. The van der Waals surface area contributed by atoms with Crippen LogP contribution in [0.1, 0.15) is 56.7 Å². The Morgan fingerprint density at radius 3 is 2.42 bits per heavy atom. The van der Waals surface area contributed by atoms with E-state index >= 15 is 0 Å². The number of hydrogen-bond acceptors (Lipinski definition) is 2. The van der Waals surface area contributed by atoms with E-state index in [0.717, 1.165) is 18.3 Å². The summed E-state index contributed by atoms with van der Waals surface area (Å²) in [6.45, 7) is 9.87. The molecule has 0 bridgehead atoms. The van der Waals surface area contributed by atoms with Crippen molar-refractivity contribution in [3.05, 3.63) is 28.8 Å². The Labute approximate surface area is 117 Å². The number of benzene rings is 1. The Bertz CT molecular complexity index is 441. The maximum absolute atomic E-state index is 5.55. The third-order valence-electron chi connectivity index (χ3n) is 4.15. The molecule has 19 heavy (non-hydrogen) atoms. The molecule has 1 aromatic carbocycles. The highest BCUT2D eigenvalue weighted by Gasteiger charge is 2.21. The Balaban J connectivity index is 2.22. The lowest BCUT2D eigenvalue weighted by Gasteiger charge is -2.28. The maximum Gasteiger partial charge on any atom is 0.122 e. The van der Waals surface area contributed by atoms with Crippen LogP contribution in [-0.2, 0) is 12.0 Å². The van der Waals surface area contributed by atoms with Gasteiger partial charge in [0.15, 0.2) is 0 Å². The molecule has 0 heterocycles. The largest absolute Gasteiger partial charge is 0.496 e. The lowest BCUT2D eigenvalue weighted by molar-refractivity contribution is 0.337. The second-order valence-corrected chi connectivity index (χ2v) is 6.74. The normalized spacial score (nSPS) is 16.3. The Morgan fingerprint density at radius 1 is 1.26 bits per heavy atom. The first-order valence-corrected chi connectivity index (χ1v) is 7.33. The van der Waals surface area contributed by atoms with Gasteiger partial charge in [-0.3, -0.25) is 0 Å². The van der Waals surface area contributed by atoms with Crippen LogP contribution < -0.4 is 10.1 Å². The molecule has 2 nitrogen and oxygen atoms in total. The zero-order valence-electron chi connectivity index (χ0n) is 13.0. The molecule has 1 aliphatic rings. The van der Waals surface area contributed by atoms with Gasteiger partial charge in [0.25, 0.3) is 0 Å². The van der Waals surface area contributed by atoms with E-state index in [4.69, 9.17) is 4.74 Å². The second kappa shape index (κ2) is 5.54. The molecule has 1 aliphatic carbocycles. The van der Waals surface area contributed by atoms with Gasteiger partial charge in [-0.1, -0.05) is 33.3 Å². The monoisotopic (exact) mass is 261 g/mol. The number of hydrogen-bond donors (Lipinski definition) is 1. The fourth-order valence-corrected chi connectivity index (χ4v) is 2.54. The molecule has 2 rings (SSSR count). The minimum atomic E-state index is 0.115. The molecule has 0 saturated heterocycles. The van der Waals surface area contributed by atoms with Crippen molar-refractivity contribution in [3.8, 4) is 5.75 Å². The zero-order chi connectivity index (χ0) is 14.0. The molecular formula is C17H27NO. The number of aryl methyl sites for hydroxylation is 1. The quantitative estimate of drug-likeness (QED) is 0.886. The highest BCUT2D eigenvalue weighted by atomic mass is 16.5. The van der Waals surface area contributed by atoms with Crippen LogP contribution in [0.15, 0.2) is 12.1 Å². The van der Waals surface area contributed by atoms with Crippen molar-refractivity contribution in [2.45, 2.75) is 65.0 Å². The summed E-state index contributed by atoms with van der Waals surface area (Å²) < 4.78 is 5.55. The molecule has 0 aliphatic heterocycles. The van der Waals surface area contributed by atoms with Gasteiger partial charge in [-0.05, 0) is 47.9 Å². The Morgan fingerprint density at radius 2 is 1.95 bits per heavy atom. The van der Waals surface area contributed by atoms with Crippen molar-refractivity contribution in [3.63, 3.8) is 0 Å². The van der Waals surface area contributed by atoms with Crippen LogP contribution in [-0.4, -0.2) is 13.2 Å². The van der Waals surface area contributed by atoms with E-state index in [1.54, 1.807) is 7.11 Å².